The summed E-state index contributed by atoms with van der Waals surface area (Å²) in [6.07, 6.45) is 2.39. The van der Waals surface area contributed by atoms with Gasteiger partial charge in [0.05, 0.1) is 12.7 Å². The van der Waals surface area contributed by atoms with E-state index in [-0.39, 0.29) is 5.88 Å². The largest absolute Gasteiger partial charge is 0.463 e. The Labute approximate surface area is 63.7 Å². The molecule has 1 N–H and O–H groups in total. The van der Waals surface area contributed by atoms with Gasteiger partial charge in [0.15, 0.2) is 0 Å². The molecule has 0 aliphatic carbocycles. The Bertz CT molecular complexity index is 200. The third kappa shape index (κ3) is 2.29. The standard InChI is InChI=1S/C6H8N2O3/c1-2-10-6(9)3-5-8-7-4-11-5/h3-4,8H,2H2,1H3. The van der Waals surface area contributed by atoms with Crippen LogP contribution in [0.1, 0.15) is 6.92 Å². The maximum absolute atomic E-state index is 10.7. The van der Waals surface area contributed by atoms with E-state index in [4.69, 9.17) is 4.74 Å². The molecule has 60 valence electrons. The lowest BCUT2D eigenvalue weighted by atomic mass is 10.6. The average molecular weight is 156 g/mol. The second kappa shape index (κ2) is 3.60. The van der Waals surface area contributed by atoms with E-state index < -0.39 is 5.97 Å². The molecule has 0 aromatic rings. The molecule has 0 spiro atoms. The second-order valence-corrected chi connectivity index (χ2v) is 1.72. The predicted octanol–water partition coefficient (Wildman–Crippen LogP) is -0.0460. The zero-order valence-corrected chi connectivity index (χ0v) is 6.03. The van der Waals surface area contributed by atoms with Gasteiger partial charge in [-0.2, -0.15) is 0 Å². The summed E-state index contributed by atoms with van der Waals surface area (Å²) < 4.78 is 9.34. The smallest absolute Gasteiger partial charge is 0.336 e. The van der Waals surface area contributed by atoms with E-state index in [1.54, 1.807) is 6.92 Å². The summed E-state index contributed by atoms with van der Waals surface area (Å²) in [5.41, 5.74) is 2.45. The number of hydrazone groups is 1. The van der Waals surface area contributed by atoms with Gasteiger partial charge in [-0.1, -0.05) is 0 Å². The molecule has 0 atom stereocenters. The minimum atomic E-state index is -0.444. The highest BCUT2D eigenvalue weighted by Gasteiger charge is 2.04. The topological polar surface area (TPSA) is 59.9 Å². The van der Waals surface area contributed by atoms with Crippen molar-refractivity contribution in [3.05, 3.63) is 12.0 Å². The number of hydrogen-bond acceptors (Lipinski definition) is 5. The van der Waals surface area contributed by atoms with Gasteiger partial charge in [-0.3, -0.25) is 0 Å². The average Bonchev–Trinajstić information content (AvgIpc) is 2.40. The molecule has 0 aromatic carbocycles. The zero-order chi connectivity index (χ0) is 8.10. The molecule has 1 aliphatic heterocycles. The van der Waals surface area contributed by atoms with Crippen LogP contribution in [0.4, 0.5) is 0 Å². The molecular formula is C6H8N2O3. The molecule has 0 fully saturated rings. The van der Waals surface area contributed by atoms with Gasteiger partial charge in [0.1, 0.15) is 0 Å². The summed E-state index contributed by atoms with van der Waals surface area (Å²) in [7, 11) is 0. The molecule has 0 radical (unpaired) electrons. The Balaban J connectivity index is 2.38. The third-order valence-corrected chi connectivity index (χ3v) is 0.943. The number of nitrogens with one attached hydrogen (secondary N) is 1. The van der Waals surface area contributed by atoms with Crippen molar-refractivity contribution in [1.82, 2.24) is 5.43 Å². The molecule has 1 aliphatic rings. The predicted molar refractivity (Wildman–Crippen MR) is 37.4 cm³/mol. The minimum absolute atomic E-state index is 0.281. The Hall–Kier alpha value is -1.52. The van der Waals surface area contributed by atoms with Crippen molar-refractivity contribution in [3.8, 4) is 0 Å². The number of esters is 1. The van der Waals surface area contributed by atoms with Crippen LogP contribution in [-0.2, 0) is 14.3 Å². The molecular weight excluding hydrogens is 148 g/mol. The lowest BCUT2D eigenvalue weighted by molar-refractivity contribution is -0.137. The first-order valence-electron chi connectivity index (χ1n) is 3.15. The van der Waals surface area contributed by atoms with Crippen LogP contribution in [0.25, 0.3) is 0 Å². The number of rotatable bonds is 2. The lowest BCUT2D eigenvalue weighted by Crippen LogP contribution is -2.06. The summed E-state index contributed by atoms with van der Waals surface area (Å²) in [6, 6.07) is 0. The van der Waals surface area contributed by atoms with Crippen molar-refractivity contribution in [2.45, 2.75) is 6.92 Å². The quantitative estimate of drug-likeness (QED) is 0.450. The van der Waals surface area contributed by atoms with Crippen molar-refractivity contribution in [2.75, 3.05) is 6.61 Å². The first kappa shape index (κ1) is 7.59. The van der Waals surface area contributed by atoms with E-state index in [1.807, 2.05) is 0 Å². The van der Waals surface area contributed by atoms with E-state index in [0.717, 1.165) is 0 Å². The molecule has 5 nitrogen and oxygen atoms in total. The van der Waals surface area contributed by atoms with Crippen LogP contribution in [0.2, 0.25) is 0 Å². The van der Waals surface area contributed by atoms with Crippen LogP contribution in [0.3, 0.4) is 0 Å². The van der Waals surface area contributed by atoms with Crippen LogP contribution in [0.15, 0.2) is 17.1 Å². The van der Waals surface area contributed by atoms with Crippen molar-refractivity contribution >= 4 is 12.4 Å². The Kier molecular flexibility index (Phi) is 2.48. The molecule has 0 bridgehead atoms. The molecule has 5 heteroatoms. The van der Waals surface area contributed by atoms with Crippen molar-refractivity contribution in [2.24, 2.45) is 5.10 Å². The van der Waals surface area contributed by atoms with Gasteiger partial charge in [-0.15, -0.1) is 5.10 Å². The summed E-state index contributed by atoms with van der Waals surface area (Å²) >= 11 is 0. The number of nitrogens with zero attached hydrogens (tertiary/aromatic N) is 1. The van der Waals surface area contributed by atoms with Gasteiger partial charge in [-0.25, -0.2) is 10.2 Å². The van der Waals surface area contributed by atoms with Gasteiger partial charge in [0, 0.05) is 0 Å². The van der Waals surface area contributed by atoms with E-state index in [1.165, 1.54) is 12.5 Å². The maximum Gasteiger partial charge on any atom is 0.336 e. The lowest BCUT2D eigenvalue weighted by Gasteiger charge is -1.96. The van der Waals surface area contributed by atoms with Crippen LogP contribution in [-0.4, -0.2) is 19.0 Å². The number of carbonyl (C=O) groups excluding carboxylic acids is 1. The number of hydrogen-bond donors (Lipinski definition) is 1. The molecule has 11 heavy (non-hydrogen) atoms. The first-order valence-corrected chi connectivity index (χ1v) is 3.15. The molecule has 1 rings (SSSR count). The monoisotopic (exact) mass is 156 g/mol. The van der Waals surface area contributed by atoms with Gasteiger partial charge >= 0.3 is 5.97 Å². The van der Waals surface area contributed by atoms with E-state index in [9.17, 15) is 4.79 Å². The minimum Gasteiger partial charge on any atom is -0.463 e. The fourth-order valence-corrected chi connectivity index (χ4v) is 0.557. The van der Waals surface area contributed by atoms with Crippen molar-refractivity contribution < 1.29 is 14.3 Å². The first-order chi connectivity index (χ1) is 5.33. The molecule has 1 heterocycles. The van der Waals surface area contributed by atoms with Crippen LogP contribution in [0, 0.1) is 0 Å². The van der Waals surface area contributed by atoms with E-state index in [2.05, 4.69) is 15.3 Å². The molecule has 0 saturated heterocycles. The van der Waals surface area contributed by atoms with Gasteiger partial charge in [0.25, 0.3) is 0 Å². The van der Waals surface area contributed by atoms with E-state index in [0.29, 0.717) is 6.61 Å². The van der Waals surface area contributed by atoms with E-state index >= 15 is 0 Å². The van der Waals surface area contributed by atoms with Crippen molar-refractivity contribution in [1.29, 1.82) is 0 Å². The van der Waals surface area contributed by atoms with Gasteiger partial charge < -0.3 is 9.47 Å². The summed E-state index contributed by atoms with van der Waals surface area (Å²) in [5.74, 6) is -0.163. The summed E-state index contributed by atoms with van der Waals surface area (Å²) in [6.45, 7) is 2.08. The molecule has 0 amide bonds. The summed E-state index contributed by atoms with van der Waals surface area (Å²) in [5, 5.41) is 3.50. The van der Waals surface area contributed by atoms with Crippen LogP contribution < -0.4 is 5.43 Å². The fourth-order valence-electron chi connectivity index (χ4n) is 0.557. The normalized spacial score (nSPS) is 17.7. The number of carbonyl (C=O) groups is 1. The van der Waals surface area contributed by atoms with Crippen LogP contribution in [0.5, 0.6) is 0 Å². The van der Waals surface area contributed by atoms with Crippen LogP contribution >= 0.6 is 0 Å². The Morgan fingerprint density at radius 3 is 3.36 bits per heavy atom. The SMILES string of the molecule is CCOC(=O)C=C1NN=CO1. The van der Waals surface area contributed by atoms with Gasteiger partial charge in [-0.05, 0) is 6.92 Å². The highest BCUT2D eigenvalue weighted by atomic mass is 16.5. The molecule has 0 aromatic heterocycles. The molecule has 0 unspecified atom stereocenters. The summed E-state index contributed by atoms with van der Waals surface area (Å²) in [4.78, 5) is 10.7. The molecule has 0 saturated carbocycles. The second-order valence-electron chi connectivity index (χ2n) is 1.72. The maximum atomic E-state index is 10.7. The highest BCUT2D eigenvalue weighted by molar-refractivity contribution is 5.82. The Morgan fingerprint density at radius 2 is 2.82 bits per heavy atom. The van der Waals surface area contributed by atoms with Gasteiger partial charge in [0.2, 0.25) is 12.3 Å². The fraction of sp³-hybridized carbons (Fsp3) is 0.333. The highest BCUT2D eigenvalue weighted by Crippen LogP contribution is 1.96. The van der Waals surface area contributed by atoms with Crippen molar-refractivity contribution in [3.63, 3.8) is 0 Å². The number of ether oxygens (including phenoxy) is 2. The zero-order valence-electron chi connectivity index (χ0n) is 6.03. The third-order valence-electron chi connectivity index (χ3n) is 0.943. The Morgan fingerprint density at radius 1 is 2.00 bits per heavy atom.